The summed E-state index contributed by atoms with van der Waals surface area (Å²) in [5.41, 5.74) is 0.421. The molecule has 48 heavy (non-hydrogen) atoms. The summed E-state index contributed by atoms with van der Waals surface area (Å²) in [5, 5.41) is 20.5. The number of carbonyl (C=O) groups excluding carboxylic acids is 3. The number of benzene rings is 1. The number of amides is 3. The monoisotopic (exact) mass is 750 g/mol. The van der Waals surface area contributed by atoms with Crippen LogP contribution in [0.4, 0.5) is 0 Å². The Bertz CT molecular complexity index is 1540. The number of aliphatic hydroxyl groups excluding tert-OH is 1. The van der Waals surface area contributed by atoms with Gasteiger partial charge in [0.2, 0.25) is 11.8 Å². The largest absolute Gasteiger partial charge is 0.444 e. The van der Waals surface area contributed by atoms with Gasteiger partial charge in [0.1, 0.15) is 6.04 Å². The first-order valence-corrected chi connectivity index (χ1v) is 19.4. The molecule has 1 aliphatic carbocycles. The summed E-state index contributed by atoms with van der Waals surface area (Å²) in [4.78, 5) is 42.9. The predicted octanol–water partition coefficient (Wildman–Crippen LogP) is 3.85. The molecule has 2 aliphatic rings. The number of hydrogen-bond acceptors (Lipinski definition) is 8. The van der Waals surface area contributed by atoms with E-state index in [4.69, 9.17) is 4.42 Å². The van der Waals surface area contributed by atoms with E-state index in [-0.39, 0.29) is 24.6 Å². The molecule has 11 nitrogen and oxygen atoms in total. The first-order valence-electron chi connectivity index (χ1n) is 16.7. The van der Waals surface area contributed by atoms with Gasteiger partial charge in [-0.3, -0.25) is 19.3 Å². The van der Waals surface area contributed by atoms with Crippen molar-refractivity contribution >= 4 is 43.5 Å². The van der Waals surface area contributed by atoms with Gasteiger partial charge in [0, 0.05) is 24.9 Å². The van der Waals surface area contributed by atoms with Crippen LogP contribution in [0.15, 0.2) is 51.6 Å². The Morgan fingerprint density at radius 3 is 2.23 bits per heavy atom. The molecule has 266 valence electrons. The number of furan rings is 1. The van der Waals surface area contributed by atoms with Gasteiger partial charge in [-0.05, 0) is 99.3 Å². The molecule has 0 unspecified atom stereocenters. The van der Waals surface area contributed by atoms with Crippen LogP contribution < -0.4 is 16.0 Å². The Labute approximate surface area is 293 Å². The van der Waals surface area contributed by atoms with Crippen molar-refractivity contribution in [2.75, 3.05) is 19.3 Å². The van der Waals surface area contributed by atoms with Gasteiger partial charge in [0.25, 0.3) is 5.91 Å². The molecule has 13 heteroatoms. The van der Waals surface area contributed by atoms with Crippen molar-refractivity contribution in [2.45, 2.75) is 108 Å². The molecule has 4 rings (SSSR count). The third kappa shape index (κ3) is 9.70. The van der Waals surface area contributed by atoms with Crippen LogP contribution in [0.2, 0.25) is 0 Å². The van der Waals surface area contributed by atoms with Crippen LogP contribution in [-0.2, 0) is 25.8 Å². The number of β-amino-alcohol motifs (C(OH)–C–C–N with tert-alkyl or cyclic N) is 1. The lowest BCUT2D eigenvalue weighted by Crippen LogP contribution is -2.64. The third-order valence-electron chi connectivity index (χ3n) is 9.80. The van der Waals surface area contributed by atoms with E-state index >= 15 is 0 Å². The van der Waals surface area contributed by atoms with Gasteiger partial charge in [-0.2, -0.15) is 0 Å². The summed E-state index contributed by atoms with van der Waals surface area (Å²) in [5.74, 6) is -0.845. The molecule has 4 N–H and O–H groups in total. The zero-order valence-electron chi connectivity index (χ0n) is 28.8. The Balaban J connectivity index is 1.62. The Kier molecular flexibility index (Phi) is 12.2. The highest BCUT2D eigenvalue weighted by molar-refractivity contribution is 9.10. The van der Waals surface area contributed by atoms with E-state index in [0.29, 0.717) is 29.5 Å². The number of rotatable bonds is 12. The van der Waals surface area contributed by atoms with Crippen molar-refractivity contribution in [1.82, 2.24) is 20.9 Å². The fraction of sp³-hybridized carbons (Fsp3) is 0.629. The van der Waals surface area contributed by atoms with E-state index in [0.717, 1.165) is 37.5 Å². The van der Waals surface area contributed by atoms with E-state index in [1.165, 1.54) is 26.0 Å². The summed E-state index contributed by atoms with van der Waals surface area (Å²) in [6.07, 6.45) is 5.28. The Hall–Kier alpha value is -2.74. The molecule has 0 radical (unpaired) electrons. The smallest absolute Gasteiger partial charge is 0.287 e. The number of aliphatic hydroxyl groups is 1. The molecule has 1 aromatic heterocycles. The number of halogens is 1. The molecule has 2 fully saturated rings. The van der Waals surface area contributed by atoms with Crippen LogP contribution in [0.25, 0.3) is 0 Å². The average molecular weight is 752 g/mol. The zero-order chi connectivity index (χ0) is 35.4. The molecule has 1 saturated heterocycles. The van der Waals surface area contributed by atoms with Gasteiger partial charge >= 0.3 is 0 Å². The number of hydrogen-bond donors (Lipinski definition) is 4. The van der Waals surface area contributed by atoms with E-state index < -0.39 is 56.2 Å². The van der Waals surface area contributed by atoms with Crippen LogP contribution >= 0.6 is 15.9 Å². The summed E-state index contributed by atoms with van der Waals surface area (Å²) in [7, 11) is -3.88. The molecule has 6 atom stereocenters. The minimum absolute atomic E-state index is 0.0791. The van der Waals surface area contributed by atoms with Crippen LogP contribution in [0, 0.1) is 11.8 Å². The van der Waals surface area contributed by atoms with Crippen molar-refractivity contribution in [2.24, 2.45) is 11.8 Å². The lowest BCUT2D eigenvalue weighted by atomic mass is 9.72. The molecule has 3 amide bonds. The van der Waals surface area contributed by atoms with E-state index in [1.807, 2.05) is 51.1 Å². The molecular formula is C35H51BrN4O7S. The summed E-state index contributed by atoms with van der Waals surface area (Å²) < 4.78 is 29.8. The number of piperidine rings is 1. The number of carbonyl (C=O) groups is 3. The van der Waals surface area contributed by atoms with Crippen LogP contribution in [0.3, 0.4) is 0 Å². The van der Waals surface area contributed by atoms with E-state index in [1.54, 1.807) is 0 Å². The first kappa shape index (κ1) is 38.1. The lowest BCUT2D eigenvalue weighted by molar-refractivity contribution is -0.133. The van der Waals surface area contributed by atoms with Crippen LogP contribution in [0.1, 0.15) is 82.8 Å². The zero-order valence-corrected chi connectivity index (χ0v) is 31.2. The van der Waals surface area contributed by atoms with E-state index in [9.17, 15) is 27.9 Å². The minimum atomic E-state index is -3.88. The van der Waals surface area contributed by atoms with Crippen LogP contribution in [-0.4, -0.2) is 90.0 Å². The van der Waals surface area contributed by atoms with Gasteiger partial charge in [-0.15, -0.1) is 0 Å². The fourth-order valence-electron chi connectivity index (χ4n) is 6.82. The number of likely N-dealkylation sites (tertiary alicyclic amines) is 1. The highest BCUT2D eigenvalue weighted by Crippen LogP contribution is 2.39. The number of nitrogens with zero attached hydrogens (tertiary/aromatic N) is 1. The quantitative estimate of drug-likeness (QED) is 0.255. The molecule has 0 bridgehead atoms. The van der Waals surface area contributed by atoms with Gasteiger partial charge in [0.15, 0.2) is 20.3 Å². The van der Waals surface area contributed by atoms with Gasteiger partial charge < -0.3 is 25.5 Å². The summed E-state index contributed by atoms with van der Waals surface area (Å²) >= 11 is 3.16. The molecule has 2 heterocycles. The van der Waals surface area contributed by atoms with E-state index in [2.05, 4.69) is 36.8 Å². The van der Waals surface area contributed by atoms with Crippen molar-refractivity contribution in [1.29, 1.82) is 0 Å². The molecular weight excluding hydrogens is 700 g/mol. The van der Waals surface area contributed by atoms with Crippen LogP contribution in [0.5, 0.6) is 0 Å². The Morgan fingerprint density at radius 1 is 1.00 bits per heavy atom. The Morgan fingerprint density at radius 2 is 1.65 bits per heavy atom. The molecule has 1 aliphatic heterocycles. The topological polar surface area (TPSA) is 158 Å². The second kappa shape index (κ2) is 15.4. The second-order valence-corrected chi connectivity index (χ2v) is 18.4. The lowest BCUT2D eigenvalue weighted by Gasteiger charge is -2.47. The molecule has 1 saturated carbocycles. The number of sulfone groups is 1. The SMILES string of the molecule is CC(C)(C)NC(=O)[C@@H]1C[C@@H]2CCCC[C@@H]2CN1C[C@@H](O)[C@H](Cc1ccccc1)NC(=O)[C@@H](NC(=O)c1ccc(Br)o1)C(C)(C)S(C)(=O)=O. The maximum Gasteiger partial charge on any atom is 0.287 e. The standard InChI is InChI=1S/C35H51BrN4O7S/c1-34(2,3)39-31(42)26-19-23-14-10-11-15-24(23)20-40(26)21-27(41)25(18-22-12-8-7-9-13-22)37-33(44)30(35(4,5)48(6,45)46)38-32(43)28-16-17-29(36)47-28/h7-9,12-13,16-17,23-27,30,41H,10-11,14-15,18-21H2,1-6H3,(H,37,44)(H,38,43)(H,39,42)/t23-,24+,25-,26-,27+,30+/m0/s1. The summed E-state index contributed by atoms with van der Waals surface area (Å²) in [6.45, 7) is 9.37. The van der Waals surface area contributed by atoms with Crippen molar-refractivity contribution in [3.63, 3.8) is 0 Å². The number of nitrogens with one attached hydrogen (secondary N) is 3. The predicted molar refractivity (Wildman–Crippen MR) is 188 cm³/mol. The first-order chi connectivity index (χ1) is 22.4. The highest BCUT2D eigenvalue weighted by Gasteiger charge is 2.46. The van der Waals surface area contributed by atoms with Crippen molar-refractivity contribution in [3.8, 4) is 0 Å². The maximum atomic E-state index is 14.1. The fourth-order valence-corrected chi connectivity index (χ4v) is 7.72. The highest BCUT2D eigenvalue weighted by atomic mass is 79.9. The van der Waals surface area contributed by atoms with Gasteiger partial charge in [-0.1, -0.05) is 49.6 Å². The van der Waals surface area contributed by atoms with Gasteiger partial charge in [0.05, 0.1) is 22.9 Å². The normalized spacial score (nSPS) is 22.5. The minimum Gasteiger partial charge on any atom is -0.444 e. The third-order valence-corrected chi connectivity index (χ3v) is 12.4. The molecule has 2 aromatic rings. The maximum absolute atomic E-state index is 14.1. The summed E-state index contributed by atoms with van der Waals surface area (Å²) in [6, 6.07) is 9.44. The van der Waals surface area contributed by atoms with Crippen molar-refractivity contribution in [3.05, 3.63) is 58.5 Å². The molecule has 1 aromatic carbocycles. The van der Waals surface area contributed by atoms with Gasteiger partial charge in [-0.25, -0.2) is 8.42 Å². The molecule has 0 spiro atoms. The second-order valence-electron chi connectivity index (χ2n) is 15.0. The number of fused-ring (bicyclic) bond motifs is 1. The average Bonchev–Trinajstić information content (AvgIpc) is 3.44. The van der Waals surface area contributed by atoms with Crippen molar-refractivity contribution < 1.29 is 32.3 Å².